The first kappa shape index (κ1) is 9.40. The number of carbonyl (C=O) groups is 2. The van der Waals surface area contributed by atoms with Crippen molar-refractivity contribution in [3.8, 4) is 0 Å². The molecule has 0 aromatic heterocycles. The summed E-state index contributed by atoms with van der Waals surface area (Å²) in [4.78, 5) is 22.7. The number of hydrogen-bond acceptors (Lipinski definition) is 3. The molecule has 15 heavy (non-hydrogen) atoms. The normalized spacial score (nSPS) is 16.0. The second-order valence-corrected chi connectivity index (χ2v) is 3.15. The smallest absolute Gasteiger partial charge is 0.221 e. The monoisotopic (exact) mass is 200 g/mol. The molecular formula is C12H8O3. The lowest BCUT2D eigenvalue weighted by molar-refractivity contribution is -0.115. The Morgan fingerprint density at radius 2 is 1.47 bits per heavy atom. The largest absolute Gasteiger partial charge is 0.504 e. The quantitative estimate of drug-likeness (QED) is 0.701. The van der Waals surface area contributed by atoms with Crippen molar-refractivity contribution in [1.82, 2.24) is 0 Å². The lowest BCUT2D eigenvalue weighted by atomic mass is 9.95. The summed E-state index contributed by atoms with van der Waals surface area (Å²) in [5.41, 5.74) is 0.626. The summed E-state index contributed by atoms with van der Waals surface area (Å²) < 4.78 is 0. The fourth-order valence-electron chi connectivity index (χ4n) is 1.44. The zero-order valence-electron chi connectivity index (χ0n) is 7.81. The molecule has 0 atom stereocenters. The van der Waals surface area contributed by atoms with E-state index in [1.165, 1.54) is 6.08 Å². The molecule has 3 nitrogen and oxygen atoms in total. The molecule has 0 fully saturated rings. The highest BCUT2D eigenvalue weighted by Gasteiger charge is 2.22. The number of allylic oxidation sites excluding steroid dienone is 3. The van der Waals surface area contributed by atoms with Crippen LogP contribution in [0.15, 0.2) is 48.2 Å². The maximum absolute atomic E-state index is 11.5. The maximum Gasteiger partial charge on any atom is 0.221 e. The van der Waals surface area contributed by atoms with Crippen LogP contribution in [0.5, 0.6) is 0 Å². The summed E-state index contributed by atoms with van der Waals surface area (Å²) >= 11 is 0. The topological polar surface area (TPSA) is 54.4 Å². The Balaban J connectivity index is 2.57. The van der Waals surface area contributed by atoms with Gasteiger partial charge in [-0.15, -0.1) is 0 Å². The van der Waals surface area contributed by atoms with Crippen LogP contribution in [0.2, 0.25) is 0 Å². The predicted molar refractivity (Wildman–Crippen MR) is 55.1 cm³/mol. The summed E-state index contributed by atoms with van der Waals surface area (Å²) in [5, 5.41) is 9.52. The van der Waals surface area contributed by atoms with Crippen LogP contribution in [0.25, 0.3) is 5.57 Å². The number of aliphatic hydroxyl groups excluding tert-OH is 1. The second-order valence-electron chi connectivity index (χ2n) is 3.15. The van der Waals surface area contributed by atoms with Crippen molar-refractivity contribution in [2.45, 2.75) is 0 Å². The van der Waals surface area contributed by atoms with Crippen molar-refractivity contribution < 1.29 is 14.7 Å². The molecule has 3 heteroatoms. The lowest BCUT2D eigenvalue weighted by Crippen LogP contribution is -2.13. The Hall–Kier alpha value is -2.16. The molecule has 1 aliphatic rings. The first-order valence-electron chi connectivity index (χ1n) is 4.45. The van der Waals surface area contributed by atoms with Gasteiger partial charge in [0, 0.05) is 0 Å². The minimum Gasteiger partial charge on any atom is -0.504 e. The van der Waals surface area contributed by atoms with Gasteiger partial charge in [0.1, 0.15) is 0 Å². The molecule has 1 aromatic rings. The third-order valence-electron chi connectivity index (χ3n) is 2.17. The van der Waals surface area contributed by atoms with Crippen LogP contribution in [0, 0.1) is 0 Å². The molecule has 0 unspecified atom stereocenters. The third-order valence-corrected chi connectivity index (χ3v) is 2.17. The van der Waals surface area contributed by atoms with Crippen LogP contribution in [0.4, 0.5) is 0 Å². The van der Waals surface area contributed by atoms with Gasteiger partial charge in [0.15, 0.2) is 11.5 Å². The predicted octanol–water partition coefficient (Wildman–Crippen LogP) is 1.66. The van der Waals surface area contributed by atoms with E-state index in [0.29, 0.717) is 5.56 Å². The van der Waals surface area contributed by atoms with E-state index in [9.17, 15) is 14.7 Å². The van der Waals surface area contributed by atoms with E-state index in [-0.39, 0.29) is 11.4 Å². The Morgan fingerprint density at radius 3 is 2.13 bits per heavy atom. The second kappa shape index (κ2) is 3.53. The van der Waals surface area contributed by atoms with Gasteiger partial charge in [-0.2, -0.15) is 0 Å². The van der Waals surface area contributed by atoms with Crippen molar-refractivity contribution in [1.29, 1.82) is 0 Å². The Bertz CT molecular complexity index is 481. The van der Waals surface area contributed by atoms with Gasteiger partial charge >= 0.3 is 0 Å². The van der Waals surface area contributed by atoms with Gasteiger partial charge in [-0.3, -0.25) is 9.59 Å². The summed E-state index contributed by atoms with van der Waals surface area (Å²) in [6, 6.07) is 8.63. The molecule has 0 radical (unpaired) electrons. The number of ketones is 2. The highest BCUT2D eigenvalue weighted by Crippen LogP contribution is 2.22. The van der Waals surface area contributed by atoms with Gasteiger partial charge in [-0.25, -0.2) is 0 Å². The van der Waals surface area contributed by atoms with Crippen LogP contribution in [-0.2, 0) is 9.59 Å². The molecule has 74 valence electrons. The molecule has 0 aliphatic heterocycles. The SMILES string of the molecule is O=C1C=CC(=O)C(c2ccccc2)=C1O. The summed E-state index contributed by atoms with van der Waals surface area (Å²) in [6.45, 7) is 0. The van der Waals surface area contributed by atoms with E-state index in [2.05, 4.69) is 0 Å². The standard InChI is InChI=1S/C12H8O3/c13-9-6-7-10(14)12(15)11(9)8-4-2-1-3-5-8/h1-7,15H. The van der Waals surface area contributed by atoms with Gasteiger partial charge in [-0.1, -0.05) is 30.3 Å². The van der Waals surface area contributed by atoms with Crippen LogP contribution in [-0.4, -0.2) is 16.7 Å². The molecule has 0 saturated heterocycles. The Labute approximate surface area is 86.4 Å². The molecular weight excluding hydrogens is 192 g/mol. The molecule has 0 saturated carbocycles. The summed E-state index contributed by atoms with van der Waals surface area (Å²) in [6.07, 6.45) is 2.24. The zero-order valence-corrected chi connectivity index (χ0v) is 7.81. The van der Waals surface area contributed by atoms with E-state index in [1.807, 2.05) is 0 Å². The molecule has 2 rings (SSSR count). The fraction of sp³-hybridized carbons (Fsp3) is 0. The Kier molecular flexibility index (Phi) is 2.21. The molecule has 0 spiro atoms. The number of carbonyl (C=O) groups excluding carboxylic acids is 2. The van der Waals surface area contributed by atoms with E-state index >= 15 is 0 Å². The first-order chi connectivity index (χ1) is 7.20. The van der Waals surface area contributed by atoms with Gasteiger partial charge in [-0.05, 0) is 17.7 Å². The number of hydrogen-bond donors (Lipinski definition) is 1. The summed E-state index contributed by atoms with van der Waals surface area (Å²) in [7, 11) is 0. The molecule has 1 aromatic carbocycles. The van der Waals surface area contributed by atoms with Crippen molar-refractivity contribution in [3.05, 3.63) is 53.8 Å². The average Bonchev–Trinajstić information content (AvgIpc) is 2.26. The Morgan fingerprint density at radius 1 is 0.867 bits per heavy atom. The fourth-order valence-corrected chi connectivity index (χ4v) is 1.44. The third kappa shape index (κ3) is 1.59. The zero-order chi connectivity index (χ0) is 10.8. The van der Waals surface area contributed by atoms with Crippen LogP contribution in [0.3, 0.4) is 0 Å². The highest BCUT2D eigenvalue weighted by molar-refractivity contribution is 6.35. The molecule has 1 N–H and O–H groups in total. The number of aliphatic hydroxyl groups is 1. The maximum atomic E-state index is 11.5. The average molecular weight is 200 g/mol. The van der Waals surface area contributed by atoms with Crippen molar-refractivity contribution >= 4 is 17.1 Å². The molecule has 1 aliphatic carbocycles. The highest BCUT2D eigenvalue weighted by atomic mass is 16.3. The van der Waals surface area contributed by atoms with E-state index < -0.39 is 11.5 Å². The van der Waals surface area contributed by atoms with E-state index in [1.54, 1.807) is 30.3 Å². The minimum absolute atomic E-state index is 0.0723. The van der Waals surface area contributed by atoms with E-state index in [4.69, 9.17) is 0 Å². The van der Waals surface area contributed by atoms with Gasteiger partial charge < -0.3 is 5.11 Å². The van der Waals surface area contributed by atoms with Crippen LogP contribution < -0.4 is 0 Å². The van der Waals surface area contributed by atoms with Crippen LogP contribution >= 0.6 is 0 Å². The van der Waals surface area contributed by atoms with Gasteiger partial charge in [0.25, 0.3) is 0 Å². The lowest BCUT2D eigenvalue weighted by Gasteiger charge is -2.09. The van der Waals surface area contributed by atoms with E-state index in [0.717, 1.165) is 6.08 Å². The van der Waals surface area contributed by atoms with Crippen molar-refractivity contribution in [2.24, 2.45) is 0 Å². The minimum atomic E-state index is -0.534. The van der Waals surface area contributed by atoms with Crippen molar-refractivity contribution in [2.75, 3.05) is 0 Å². The molecule has 0 heterocycles. The van der Waals surface area contributed by atoms with Gasteiger partial charge in [0.2, 0.25) is 5.78 Å². The summed E-state index contributed by atoms with van der Waals surface area (Å²) in [5.74, 6) is -1.36. The number of benzene rings is 1. The number of rotatable bonds is 1. The molecule has 0 bridgehead atoms. The first-order valence-corrected chi connectivity index (χ1v) is 4.45. The van der Waals surface area contributed by atoms with Crippen molar-refractivity contribution in [3.63, 3.8) is 0 Å². The molecule has 0 amide bonds. The van der Waals surface area contributed by atoms with Crippen LogP contribution in [0.1, 0.15) is 5.56 Å². The van der Waals surface area contributed by atoms with Gasteiger partial charge in [0.05, 0.1) is 5.57 Å².